The van der Waals surface area contributed by atoms with Crippen LogP contribution < -0.4 is 10.6 Å². The van der Waals surface area contributed by atoms with Crippen LogP contribution in [0.4, 0.5) is 9.52 Å². The van der Waals surface area contributed by atoms with Gasteiger partial charge in [-0.1, -0.05) is 23.5 Å². The molecular formula is C17H14FN3O2S. The highest BCUT2D eigenvalue weighted by atomic mass is 32.1. The number of carbonyl (C=O) groups excluding carboxylic acids is 2. The number of amides is 2. The van der Waals surface area contributed by atoms with Gasteiger partial charge in [-0.2, -0.15) is 0 Å². The molecule has 2 aromatic carbocycles. The lowest BCUT2D eigenvalue weighted by Gasteiger charge is -2.05. The van der Waals surface area contributed by atoms with Crippen molar-refractivity contribution in [3.63, 3.8) is 0 Å². The first-order valence-electron chi connectivity index (χ1n) is 7.22. The fraction of sp³-hybridized carbons (Fsp3) is 0.118. The van der Waals surface area contributed by atoms with E-state index in [1.165, 1.54) is 30.4 Å². The monoisotopic (exact) mass is 343 g/mol. The van der Waals surface area contributed by atoms with Crippen LogP contribution in [0.25, 0.3) is 10.2 Å². The van der Waals surface area contributed by atoms with Crippen LogP contribution >= 0.6 is 11.3 Å². The van der Waals surface area contributed by atoms with E-state index < -0.39 is 0 Å². The molecule has 0 aliphatic heterocycles. The van der Waals surface area contributed by atoms with E-state index in [9.17, 15) is 14.0 Å². The van der Waals surface area contributed by atoms with E-state index >= 15 is 0 Å². The molecule has 0 bridgehead atoms. The third-order valence-electron chi connectivity index (χ3n) is 3.33. The lowest BCUT2D eigenvalue weighted by molar-refractivity contribution is -0.119. The summed E-state index contributed by atoms with van der Waals surface area (Å²) in [4.78, 5) is 27.4. The lowest BCUT2D eigenvalue weighted by Crippen LogP contribution is -2.19. The first kappa shape index (κ1) is 16.1. The number of thiazole rings is 1. The van der Waals surface area contributed by atoms with Gasteiger partial charge in [-0.05, 0) is 35.9 Å². The highest BCUT2D eigenvalue weighted by Crippen LogP contribution is 2.26. The smallest absolute Gasteiger partial charge is 0.257 e. The molecule has 0 aliphatic carbocycles. The quantitative estimate of drug-likeness (QED) is 0.763. The van der Waals surface area contributed by atoms with Crippen molar-refractivity contribution in [3.05, 3.63) is 59.4 Å². The van der Waals surface area contributed by atoms with Gasteiger partial charge in [0.25, 0.3) is 5.91 Å². The number of anilines is 1. The van der Waals surface area contributed by atoms with E-state index in [0.29, 0.717) is 27.5 Å². The summed E-state index contributed by atoms with van der Waals surface area (Å²) in [6, 6.07) is 11.2. The lowest BCUT2D eigenvalue weighted by atomic mass is 10.1. The molecule has 7 heteroatoms. The van der Waals surface area contributed by atoms with E-state index in [1.54, 1.807) is 30.3 Å². The average molecular weight is 343 g/mol. The van der Waals surface area contributed by atoms with Crippen LogP contribution in [0.5, 0.6) is 0 Å². The molecule has 0 radical (unpaired) electrons. The summed E-state index contributed by atoms with van der Waals surface area (Å²) in [5, 5.41) is 5.82. The van der Waals surface area contributed by atoms with Crippen molar-refractivity contribution < 1.29 is 14.0 Å². The molecule has 0 saturated heterocycles. The van der Waals surface area contributed by atoms with Gasteiger partial charge in [-0.25, -0.2) is 9.37 Å². The van der Waals surface area contributed by atoms with Crippen molar-refractivity contribution in [2.75, 3.05) is 5.32 Å². The van der Waals surface area contributed by atoms with Crippen molar-refractivity contribution in [1.82, 2.24) is 10.3 Å². The number of fused-ring (bicyclic) bond motifs is 1. The van der Waals surface area contributed by atoms with Crippen molar-refractivity contribution in [2.45, 2.75) is 13.5 Å². The molecule has 0 spiro atoms. The Morgan fingerprint density at radius 3 is 2.62 bits per heavy atom. The van der Waals surface area contributed by atoms with Crippen LogP contribution in [0.3, 0.4) is 0 Å². The van der Waals surface area contributed by atoms with Crippen molar-refractivity contribution in [1.29, 1.82) is 0 Å². The van der Waals surface area contributed by atoms with Gasteiger partial charge >= 0.3 is 0 Å². The van der Waals surface area contributed by atoms with E-state index in [1.807, 2.05) is 0 Å². The second-order valence-corrected chi connectivity index (χ2v) is 6.22. The molecule has 24 heavy (non-hydrogen) atoms. The minimum atomic E-state index is -0.334. The maximum atomic E-state index is 13.2. The molecule has 5 nitrogen and oxygen atoms in total. The number of benzene rings is 2. The molecule has 1 aromatic heterocycles. The van der Waals surface area contributed by atoms with Crippen molar-refractivity contribution >= 4 is 38.5 Å². The second kappa shape index (κ2) is 6.76. The first-order chi connectivity index (χ1) is 11.5. The van der Waals surface area contributed by atoms with E-state index in [2.05, 4.69) is 15.6 Å². The minimum absolute atomic E-state index is 0.107. The largest absolute Gasteiger partial charge is 0.352 e. The van der Waals surface area contributed by atoms with Crippen LogP contribution in [0.15, 0.2) is 42.5 Å². The number of hydrogen-bond acceptors (Lipinski definition) is 4. The Morgan fingerprint density at radius 2 is 1.92 bits per heavy atom. The number of rotatable bonds is 4. The molecular weight excluding hydrogens is 329 g/mol. The Labute approximate surface area is 141 Å². The first-order valence-corrected chi connectivity index (χ1v) is 8.04. The van der Waals surface area contributed by atoms with Gasteiger partial charge in [0.1, 0.15) is 5.82 Å². The Hall–Kier alpha value is -2.80. The van der Waals surface area contributed by atoms with Gasteiger partial charge in [0, 0.05) is 19.0 Å². The zero-order chi connectivity index (χ0) is 17.1. The number of carbonyl (C=O) groups is 2. The maximum Gasteiger partial charge on any atom is 0.257 e. The van der Waals surface area contributed by atoms with Crippen LogP contribution in [-0.2, 0) is 11.3 Å². The Morgan fingerprint density at radius 1 is 1.17 bits per heavy atom. The van der Waals surface area contributed by atoms with Crippen molar-refractivity contribution in [3.8, 4) is 0 Å². The zero-order valence-corrected chi connectivity index (χ0v) is 13.6. The van der Waals surface area contributed by atoms with Gasteiger partial charge in [-0.15, -0.1) is 0 Å². The Kier molecular flexibility index (Phi) is 4.52. The maximum absolute atomic E-state index is 13.2. The molecule has 3 rings (SSSR count). The van der Waals surface area contributed by atoms with Crippen molar-refractivity contribution in [2.24, 2.45) is 0 Å². The standard InChI is InChI=1S/C17H14FN3O2S/c1-10(22)19-9-11-2-4-12(5-3-11)16(23)21-17-20-14-7-6-13(18)8-15(14)24-17/h2-8H,9H2,1H3,(H,19,22)(H,20,21,23). The van der Waals surface area contributed by atoms with Crippen LogP contribution in [0.2, 0.25) is 0 Å². The summed E-state index contributed by atoms with van der Waals surface area (Å²) in [7, 11) is 0. The molecule has 1 heterocycles. The highest BCUT2D eigenvalue weighted by molar-refractivity contribution is 7.22. The summed E-state index contributed by atoms with van der Waals surface area (Å²) in [6.45, 7) is 1.87. The predicted molar refractivity (Wildman–Crippen MR) is 91.5 cm³/mol. The molecule has 3 aromatic rings. The minimum Gasteiger partial charge on any atom is -0.352 e. The molecule has 0 aliphatic rings. The van der Waals surface area contributed by atoms with Gasteiger partial charge in [-0.3, -0.25) is 14.9 Å². The van der Waals surface area contributed by atoms with E-state index in [4.69, 9.17) is 0 Å². The van der Waals surface area contributed by atoms with Gasteiger partial charge in [0.2, 0.25) is 5.91 Å². The Bertz CT molecular complexity index is 906. The van der Waals surface area contributed by atoms with Gasteiger partial charge in [0.05, 0.1) is 10.2 Å². The fourth-order valence-corrected chi connectivity index (χ4v) is 3.01. The topological polar surface area (TPSA) is 71.1 Å². The zero-order valence-electron chi connectivity index (χ0n) is 12.8. The molecule has 0 saturated carbocycles. The number of halogens is 1. The summed E-state index contributed by atoms with van der Waals surface area (Å²) in [5.74, 6) is -0.733. The molecule has 0 unspecified atom stereocenters. The van der Waals surface area contributed by atoms with Crippen LogP contribution in [0.1, 0.15) is 22.8 Å². The Balaban J connectivity index is 1.70. The number of nitrogens with one attached hydrogen (secondary N) is 2. The molecule has 0 atom stereocenters. The third-order valence-corrected chi connectivity index (χ3v) is 4.26. The molecule has 122 valence electrons. The second-order valence-electron chi connectivity index (χ2n) is 5.19. The van der Waals surface area contributed by atoms with E-state index in [-0.39, 0.29) is 17.6 Å². The summed E-state index contributed by atoms with van der Waals surface area (Å²) in [5.41, 5.74) is 2.02. The predicted octanol–water partition coefficient (Wildman–Crippen LogP) is 3.32. The molecule has 2 amide bonds. The summed E-state index contributed by atoms with van der Waals surface area (Å²) < 4.78 is 13.9. The number of nitrogens with zero attached hydrogens (tertiary/aromatic N) is 1. The molecule has 2 N–H and O–H groups in total. The van der Waals surface area contributed by atoms with Gasteiger partial charge in [0.15, 0.2) is 5.13 Å². The number of aromatic nitrogens is 1. The third kappa shape index (κ3) is 3.75. The molecule has 0 fully saturated rings. The van der Waals surface area contributed by atoms with Gasteiger partial charge < -0.3 is 5.32 Å². The van der Waals surface area contributed by atoms with Crippen LogP contribution in [0, 0.1) is 5.82 Å². The summed E-state index contributed by atoms with van der Waals surface area (Å²) >= 11 is 1.22. The average Bonchev–Trinajstić information content (AvgIpc) is 2.94. The number of hydrogen-bond donors (Lipinski definition) is 2. The normalized spacial score (nSPS) is 10.6. The van der Waals surface area contributed by atoms with E-state index in [0.717, 1.165) is 5.56 Å². The SMILES string of the molecule is CC(=O)NCc1ccc(C(=O)Nc2nc3ccc(F)cc3s2)cc1. The summed E-state index contributed by atoms with van der Waals surface area (Å²) in [6.07, 6.45) is 0. The fourth-order valence-electron chi connectivity index (χ4n) is 2.12. The van der Waals surface area contributed by atoms with Crippen LogP contribution in [-0.4, -0.2) is 16.8 Å². The highest BCUT2D eigenvalue weighted by Gasteiger charge is 2.10.